The molecule has 0 spiro atoms. The van der Waals surface area contributed by atoms with Gasteiger partial charge in [-0.2, -0.15) is 5.10 Å². The summed E-state index contributed by atoms with van der Waals surface area (Å²) in [6, 6.07) is 7.70. The molecule has 5 rings (SSSR count). The van der Waals surface area contributed by atoms with Crippen LogP contribution in [-0.2, 0) is 11.3 Å². The van der Waals surface area contributed by atoms with Crippen molar-refractivity contribution >= 4 is 22.5 Å². The van der Waals surface area contributed by atoms with Crippen molar-refractivity contribution in [3.63, 3.8) is 0 Å². The number of nitrogens with two attached hydrogens (primary N) is 1. The fourth-order valence-corrected chi connectivity index (χ4v) is 3.96. The third kappa shape index (κ3) is 2.50. The molecule has 2 aromatic heterocycles. The maximum Gasteiger partial charge on any atom is 0.164 e. The molecule has 2 N–H and O–H groups in total. The molecule has 26 heavy (non-hydrogen) atoms. The molecule has 7 heteroatoms. The minimum atomic E-state index is 0.306. The first-order valence-corrected chi connectivity index (χ1v) is 9.21. The van der Waals surface area contributed by atoms with E-state index in [0.717, 1.165) is 60.6 Å². The van der Waals surface area contributed by atoms with Gasteiger partial charge in [0.25, 0.3) is 0 Å². The van der Waals surface area contributed by atoms with Gasteiger partial charge in [-0.3, -0.25) is 0 Å². The van der Waals surface area contributed by atoms with Gasteiger partial charge >= 0.3 is 0 Å². The Morgan fingerprint density at radius 3 is 2.54 bits per heavy atom. The van der Waals surface area contributed by atoms with Crippen LogP contribution in [0.1, 0.15) is 19.8 Å². The van der Waals surface area contributed by atoms with E-state index in [1.165, 1.54) is 0 Å². The maximum absolute atomic E-state index is 6.00. The Morgan fingerprint density at radius 2 is 1.85 bits per heavy atom. The van der Waals surface area contributed by atoms with Gasteiger partial charge in [-0.1, -0.05) is 0 Å². The first-order valence-electron chi connectivity index (χ1n) is 9.21. The number of nitrogen functional groups attached to an aromatic ring is 1. The molecule has 2 atom stereocenters. The Morgan fingerprint density at radius 1 is 1.12 bits per heavy atom. The van der Waals surface area contributed by atoms with Crippen LogP contribution in [0, 0.1) is 0 Å². The lowest BCUT2D eigenvalue weighted by Crippen LogP contribution is -2.43. The number of aromatic nitrogens is 4. The largest absolute Gasteiger partial charge is 0.399 e. The molecule has 134 valence electrons. The third-order valence-corrected chi connectivity index (χ3v) is 5.29. The standard InChI is InChI=1S/C19H22N6O/c1-2-25-19-16(9-21-25)18(24-10-14-7-8-15(11-24)26-14)22-17(23-19)12-3-5-13(20)6-4-12/h3-6,9,14-15H,2,7-8,10-11,20H2,1H3. The predicted molar refractivity (Wildman–Crippen MR) is 101 cm³/mol. The van der Waals surface area contributed by atoms with E-state index in [4.69, 9.17) is 20.4 Å². The zero-order valence-electron chi connectivity index (χ0n) is 14.8. The van der Waals surface area contributed by atoms with Crippen molar-refractivity contribution in [2.24, 2.45) is 0 Å². The summed E-state index contributed by atoms with van der Waals surface area (Å²) in [6.07, 6.45) is 4.76. The van der Waals surface area contributed by atoms with Crippen LogP contribution in [0.4, 0.5) is 11.5 Å². The second-order valence-electron chi connectivity index (χ2n) is 7.05. The van der Waals surface area contributed by atoms with Crippen LogP contribution in [0.15, 0.2) is 30.5 Å². The van der Waals surface area contributed by atoms with Crippen LogP contribution in [0.25, 0.3) is 22.4 Å². The summed E-state index contributed by atoms with van der Waals surface area (Å²) in [5.74, 6) is 1.67. The molecule has 3 aromatic rings. The summed E-state index contributed by atoms with van der Waals surface area (Å²) in [5, 5.41) is 5.51. The van der Waals surface area contributed by atoms with Gasteiger partial charge in [-0.05, 0) is 44.0 Å². The molecule has 0 aliphatic carbocycles. The van der Waals surface area contributed by atoms with Crippen LogP contribution < -0.4 is 10.6 Å². The molecule has 0 saturated carbocycles. The fourth-order valence-electron chi connectivity index (χ4n) is 3.96. The number of hydrogen-bond acceptors (Lipinski definition) is 6. The first-order chi connectivity index (χ1) is 12.7. The van der Waals surface area contributed by atoms with E-state index >= 15 is 0 Å². The van der Waals surface area contributed by atoms with Crippen molar-refractivity contribution < 1.29 is 4.74 Å². The van der Waals surface area contributed by atoms with Crippen molar-refractivity contribution in [2.45, 2.75) is 38.5 Å². The van der Waals surface area contributed by atoms with Gasteiger partial charge in [0.1, 0.15) is 5.82 Å². The van der Waals surface area contributed by atoms with E-state index < -0.39 is 0 Å². The van der Waals surface area contributed by atoms with Gasteiger partial charge in [0.15, 0.2) is 11.5 Å². The number of morpholine rings is 1. The lowest BCUT2D eigenvalue weighted by molar-refractivity contribution is 0.0303. The third-order valence-electron chi connectivity index (χ3n) is 5.29. The number of benzene rings is 1. The van der Waals surface area contributed by atoms with E-state index in [1.54, 1.807) is 0 Å². The first kappa shape index (κ1) is 15.6. The molecule has 2 saturated heterocycles. The number of ether oxygens (including phenoxy) is 1. The summed E-state index contributed by atoms with van der Waals surface area (Å²) in [7, 11) is 0. The summed E-state index contributed by atoms with van der Waals surface area (Å²) < 4.78 is 7.92. The van der Waals surface area contributed by atoms with Crippen molar-refractivity contribution in [2.75, 3.05) is 23.7 Å². The Balaban J connectivity index is 1.66. The van der Waals surface area contributed by atoms with Crippen molar-refractivity contribution in [1.82, 2.24) is 19.7 Å². The Labute approximate surface area is 151 Å². The van der Waals surface area contributed by atoms with Gasteiger partial charge < -0.3 is 15.4 Å². The second-order valence-corrected chi connectivity index (χ2v) is 7.05. The molecule has 0 amide bonds. The average Bonchev–Trinajstić information content (AvgIpc) is 3.23. The lowest BCUT2D eigenvalue weighted by Gasteiger charge is -2.33. The quantitative estimate of drug-likeness (QED) is 0.731. The number of nitrogens with zero attached hydrogens (tertiary/aromatic N) is 5. The van der Waals surface area contributed by atoms with Crippen molar-refractivity contribution in [3.8, 4) is 11.4 Å². The highest BCUT2D eigenvalue weighted by atomic mass is 16.5. The number of aryl methyl sites for hydroxylation is 1. The number of anilines is 2. The SMILES string of the molecule is CCn1ncc2c(N3CC4CCC(C3)O4)nc(-c3ccc(N)cc3)nc21. The van der Waals surface area contributed by atoms with Crippen LogP contribution in [-0.4, -0.2) is 45.0 Å². The predicted octanol–water partition coefficient (Wildman–Crippen LogP) is 2.46. The van der Waals surface area contributed by atoms with E-state index in [1.807, 2.05) is 35.1 Å². The highest BCUT2D eigenvalue weighted by Crippen LogP contribution is 2.33. The normalized spacial score (nSPS) is 22.3. The number of rotatable bonds is 3. The molecule has 4 heterocycles. The van der Waals surface area contributed by atoms with E-state index in [2.05, 4.69) is 16.9 Å². The van der Waals surface area contributed by atoms with E-state index in [-0.39, 0.29) is 0 Å². The average molecular weight is 350 g/mol. The van der Waals surface area contributed by atoms with Gasteiger partial charge in [-0.25, -0.2) is 14.6 Å². The van der Waals surface area contributed by atoms with Gasteiger partial charge in [-0.15, -0.1) is 0 Å². The Bertz CT molecular complexity index is 939. The molecule has 7 nitrogen and oxygen atoms in total. The van der Waals surface area contributed by atoms with E-state index in [9.17, 15) is 0 Å². The van der Waals surface area contributed by atoms with Crippen LogP contribution >= 0.6 is 0 Å². The molecule has 2 bridgehead atoms. The van der Waals surface area contributed by atoms with Gasteiger partial charge in [0.05, 0.1) is 23.8 Å². The zero-order valence-corrected chi connectivity index (χ0v) is 14.8. The summed E-state index contributed by atoms with van der Waals surface area (Å²) in [5.41, 5.74) is 8.40. The maximum atomic E-state index is 6.00. The molecule has 0 radical (unpaired) electrons. The smallest absolute Gasteiger partial charge is 0.164 e. The van der Waals surface area contributed by atoms with E-state index in [0.29, 0.717) is 18.0 Å². The summed E-state index contributed by atoms with van der Waals surface area (Å²) in [6.45, 7) is 4.60. The molecule has 2 aliphatic rings. The molecule has 2 fully saturated rings. The topological polar surface area (TPSA) is 82.1 Å². The van der Waals surface area contributed by atoms with Crippen molar-refractivity contribution in [3.05, 3.63) is 30.5 Å². The number of fused-ring (bicyclic) bond motifs is 3. The minimum absolute atomic E-state index is 0.306. The van der Waals surface area contributed by atoms with Crippen LogP contribution in [0.2, 0.25) is 0 Å². The molecule has 1 aromatic carbocycles. The lowest BCUT2D eigenvalue weighted by atomic mass is 10.2. The molecular formula is C19H22N6O. The summed E-state index contributed by atoms with van der Waals surface area (Å²) >= 11 is 0. The van der Waals surface area contributed by atoms with Crippen LogP contribution in [0.5, 0.6) is 0 Å². The fraction of sp³-hybridized carbons (Fsp3) is 0.421. The van der Waals surface area contributed by atoms with Crippen molar-refractivity contribution in [1.29, 1.82) is 0 Å². The monoisotopic (exact) mass is 350 g/mol. The number of hydrogen-bond donors (Lipinski definition) is 1. The van der Waals surface area contributed by atoms with Gasteiger partial charge in [0.2, 0.25) is 0 Å². The molecule has 2 aliphatic heterocycles. The Hall–Kier alpha value is -2.67. The van der Waals surface area contributed by atoms with Gasteiger partial charge in [0, 0.05) is 30.9 Å². The molecule has 2 unspecified atom stereocenters. The summed E-state index contributed by atoms with van der Waals surface area (Å²) in [4.78, 5) is 12.1. The highest BCUT2D eigenvalue weighted by molar-refractivity contribution is 5.89. The van der Waals surface area contributed by atoms with Crippen LogP contribution in [0.3, 0.4) is 0 Å². The Kier molecular flexibility index (Phi) is 3.56. The zero-order chi connectivity index (χ0) is 17.7. The second kappa shape index (κ2) is 5.95. The highest BCUT2D eigenvalue weighted by Gasteiger charge is 2.35. The molecular weight excluding hydrogens is 328 g/mol. The minimum Gasteiger partial charge on any atom is -0.399 e.